The molecule has 2 aromatic heterocycles. The molecule has 1 aromatic carbocycles. The summed E-state index contributed by atoms with van der Waals surface area (Å²) in [6.45, 7) is 5.38. The molecule has 0 radical (unpaired) electrons. The zero-order valence-corrected chi connectivity index (χ0v) is 18.4. The molecule has 1 aliphatic carbocycles. The van der Waals surface area contributed by atoms with E-state index >= 15 is 0 Å². The number of aryl methyl sites for hydroxylation is 3. The van der Waals surface area contributed by atoms with Gasteiger partial charge in [-0.3, -0.25) is 14.3 Å². The third kappa shape index (κ3) is 4.45. The lowest BCUT2D eigenvalue weighted by molar-refractivity contribution is -0.135. The molecule has 0 fully saturated rings. The molecule has 1 unspecified atom stereocenters. The summed E-state index contributed by atoms with van der Waals surface area (Å²) < 4.78 is 1.90. The van der Waals surface area contributed by atoms with Crippen LogP contribution in [0.15, 0.2) is 41.3 Å². The van der Waals surface area contributed by atoms with Crippen LogP contribution in [0.4, 0.5) is 0 Å². The predicted octanol–water partition coefficient (Wildman–Crippen LogP) is 3.12. The Morgan fingerprint density at radius 1 is 1.23 bits per heavy atom. The van der Waals surface area contributed by atoms with Crippen molar-refractivity contribution in [3.63, 3.8) is 0 Å². The fraction of sp³-hybridized carbons (Fsp3) is 0.417. The van der Waals surface area contributed by atoms with Gasteiger partial charge in [-0.05, 0) is 39.5 Å². The molecule has 1 amide bonds. The van der Waals surface area contributed by atoms with Gasteiger partial charge < -0.3 is 9.88 Å². The van der Waals surface area contributed by atoms with E-state index in [1.807, 2.05) is 62.1 Å². The first-order valence-corrected chi connectivity index (χ1v) is 10.9. The van der Waals surface area contributed by atoms with Crippen LogP contribution in [0, 0.1) is 12.8 Å². The molecule has 0 spiro atoms. The van der Waals surface area contributed by atoms with Gasteiger partial charge >= 0.3 is 0 Å². The molecule has 4 rings (SSSR count). The van der Waals surface area contributed by atoms with Crippen LogP contribution < -0.4 is 5.56 Å². The van der Waals surface area contributed by atoms with E-state index in [-0.39, 0.29) is 17.4 Å². The summed E-state index contributed by atoms with van der Waals surface area (Å²) in [4.78, 5) is 35.3. The van der Waals surface area contributed by atoms with E-state index in [9.17, 15) is 9.59 Å². The Balaban J connectivity index is 1.48. The monoisotopic (exact) mass is 419 g/mol. The molecule has 3 aromatic rings. The van der Waals surface area contributed by atoms with E-state index in [1.54, 1.807) is 4.90 Å². The summed E-state index contributed by atoms with van der Waals surface area (Å²) in [5.41, 5.74) is 4.37. The van der Waals surface area contributed by atoms with Gasteiger partial charge in [0.25, 0.3) is 5.56 Å². The van der Waals surface area contributed by atoms with Crippen LogP contribution in [0.3, 0.4) is 0 Å². The highest BCUT2D eigenvalue weighted by Crippen LogP contribution is 2.25. The number of amides is 1. The van der Waals surface area contributed by atoms with Crippen LogP contribution in [0.2, 0.25) is 0 Å². The van der Waals surface area contributed by atoms with Crippen LogP contribution in [-0.2, 0) is 30.7 Å². The van der Waals surface area contributed by atoms with E-state index in [0.717, 1.165) is 34.6 Å². The number of H-pyrrole nitrogens is 1. The molecular formula is C24H29N5O2. The third-order valence-electron chi connectivity index (χ3n) is 6.13. The number of carbonyl (C=O) groups excluding carboxylic acids is 1. The molecule has 0 saturated carbocycles. The van der Waals surface area contributed by atoms with Crippen molar-refractivity contribution in [2.24, 2.45) is 5.92 Å². The second kappa shape index (κ2) is 8.88. The Morgan fingerprint density at radius 3 is 2.68 bits per heavy atom. The van der Waals surface area contributed by atoms with E-state index < -0.39 is 0 Å². The fourth-order valence-corrected chi connectivity index (χ4v) is 4.28. The van der Waals surface area contributed by atoms with Crippen LogP contribution in [0.5, 0.6) is 0 Å². The smallest absolute Gasteiger partial charge is 0.254 e. The number of fused-ring (bicyclic) bond motifs is 1. The topological polar surface area (TPSA) is 83.9 Å². The normalized spacial score (nSPS) is 15.9. The van der Waals surface area contributed by atoms with Gasteiger partial charge in [0, 0.05) is 48.9 Å². The molecular weight excluding hydrogens is 390 g/mol. The first kappa shape index (κ1) is 21.0. The summed E-state index contributed by atoms with van der Waals surface area (Å²) in [7, 11) is 1.85. The van der Waals surface area contributed by atoms with Crippen LogP contribution in [0.1, 0.15) is 42.3 Å². The SMILES string of the molecule is CCn1cc(CN(C)C(=O)C2CCc3nc(-c4ccccc4)[nH]c(=O)c3CC2)c(C)n1. The first-order chi connectivity index (χ1) is 15.0. The highest BCUT2D eigenvalue weighted by Gasteiger charge is 2.27. The van der Waals surface area contributed by atoms with Crippen molar-refractivity contribution in [3.05, 3.63) is 69.4 Å². The highest BCUT2D eigenvalue weighted by molar-refractivity contribution is 5.78. The number of rotatable bonds is 5. The standard InChI is InChI=1S/C24H29N5O2/c1-4-29-15-19(16(2)27-29)14-28(3)24(31)18-10-12-20-21(13-11-18)25-22(26-23(20)30)17-8-6-5-7-9-17/h5-9,15,18H,4,10-14H2,1-3H3,(H,25,26,30). The van der Waals surface area contributed by atoms with Gasteiger partial charge in [-0.1, -0.05) is 30.3 Å². The number of aromatic nitrogens is 4. The molecule has 0 aliphatic heterocycles. The summed E-state index contributed by atoms with van der Waals surface area (Å²) in [6.07, 6.45) is 4.59. The Bertz CT molecular complexity index is 1130. The minimum atomic E-state index is -0.111. The molecule has 1 atom stereocenters. The lowest BCUT2D eigenvalue weighted by Gasteiger charge is -2.22. The van der Waals surface area contributed by atoms with E-state index in [2.05, 4.69) is 10.1 Å². The Morgan fingerprint density at radius 2 is 1.97 bits per heavy atom. The molecule has 1 N–H and O–H groups in total. The molecule has 2 heterocycles. The van der Waals surface area contributed by atoms with E-state index in [0.29, 0.717) is 38.1 Å². The number of nitrogens with one attached hydrogen (secondary N) is 1. The Hall–Kier alpha value is -3.22. The van der Waals surface area contributed by atoms with Gasteiger partial charge in [0.1, 0.15) is 5.82 Å². The second-order valence-electron chi connectivity index (χ2n) is 8.27. The number of aromatic amines is 1. The van der Waals surface area contributed by atoms with Crippen molar-refractivity contribution in [2.45, 2.75) is 52.6 Å². The number of benzene rings is 1. The maximum absolute atomic E-state index is 13.2. The van der Waals surface area contributed by atoms with E-state index in [1.165, 1.54) is 0 Å². The first-order valence-electron chi connectivity index (χ1n) is 10.9. The zero-order valence-electron chi connectivity index (χ0n) is 18.4. The van der Waals surface area contributed by atoms with Crippen molar-refractivity contribution in [1.29, 1.82) is 0 Å². The lowest BCUT2D eigenvalue weighted by Crippen LogP contribution is -2.33. The fourth-order valence-electron chi connectivity index (χ4n) is 4.28. The third-order valence-corrected chi connectivity index (χ3v) is 6.13. The zero-order chi connectivity index (χ0) is 22.0. The Kier molecular flexibility index (Phi) is 6.02. The average molecular weight is 420 g/mol. The van der Waals surface area contributed by atoms with Gasteiger partial charge in [0.2, 0.25) is 5.91 Å². The largest absolute Gasteiger partial charge is 0.341 e. The van der Waals surface area contributed by atoms with Gasteiger partial charge in [-0.25, -0.2) is 4.98 Å². The maximum Gasteiger partial charge on any atom is 0.254 e. The maximum atomic E-state index is 13.2. The molecule has 7 heteroatoms. The van der Waals surface area contributed by atoms with Crippen LogP contribution >= 0.6 is 0 Å². The number of nitrogens with zero attached hydrogens (tertiary/aromatic N) is 4. The molecule has 162 valence electrons. The van der Waals surface area contributed by atoms with Gasteiger partial charge in [-0.2, -0.15) is 5.10 Å². The predicted molar refractivity (Wildman–Crippen MR) is 120 cm³/mol. The van der Waals surface area contributed by atoms with Gasteiger partial charge in [-0.15, -0.1) is 0 Å². The summed E-state index contributed by atoms with van der Waals surface area (Å²) in [6, 6.07) is 9.66. The number of hydrogen-bond acceptors (Lipinski definition) is 4. The summed E-state index contributed by atoms with van der Waals surface area (Å²) in [5.74, 6) is 0.603. The van der Waals surface area contributed by atoms with Crippen molar-refractivity contribution in [1.82, 2.24) is 24.6 Å². The van der Waals surface area contributed by atoms with Crippen molar-refractivity contribution in [3.8, 4) is 11.4 Å². The minimum absolute atomic E-state index is 0.0899. The molecule has 1 aliphatic rings. The number of hydrogen-bond donors (Lipinski definition) is 1. The second-order valence-corrected chi connectivity index (χ2v) is 8.27. The number of carbonyl (C=O) groups is 1. The van der Waals surface area contributed by atoms with Crippen molar-refractivity contribution in [2.75, 3.05) is 7.05 Å². The summed E-state index contributed by atoms with van der Waals surface area (Å²) in [5, 5.41) is 4.47. The highest BCUT2D eigenvalue weighted by atomic mass is 16.2. The minimum Gasteiger partial charge on any atom is -0.341 e. The van der Waals surface area contributed by atoms with E-state index in [4.69, 9.17) is 4.98 Å². The molecule has 0 saturated heterocycles. The van der Waals surface area contributed by atoms with Gasteiger partial charge in [0.05, 0.1) is 11.4 Å². The molecule has 0 bridgehead atoms. The van der Waals surface area contributed by atoms with Crippen LogP contribution in [-0.4, -0.2) is 37.6 Å². The summed E-state index contributed by atoms with van der Waals surface area (Å²) >= 11 is 0. The van der Waals surface area contributed by atoms with Crippen molar-refractivity contribution >= 4 is 5.91 Å². The van der Waals surface area contributed by atoms with Gasteiger partial charge in [0.15, 0.2) is 0 Å². The lowest BCUT2D eigenvalue weighted by atomic mass is 9.98. The Labute approximate surface area is 182 Å². The molecule has 31 heavy (non-hydrogen) atoms. The average Bonchev–Trinajstić information content (AvgIpc) is 2.99. The molecule has 7 nitrogen and oxygen atoms in total. The quantitative estimate of drug-likeness (QED) is 0.644. The van der Waals surface area contributed by atoms with Crippen molar-refractivity contribution < 1.29 is 4.79 Å². The van der Waals surface area contributed by atoms with Crippen LogP contribution in [0.25, 0.3) is 11.4 Å².